The summed E-state index contributed by atoms with van der Waals surface area (Å²) in [5.41, 5.74) is 5.22. The van der Waals surface area contributed by atoms with Crippen molar-refractivity contribution in [3.8, 4) is 0 Å². The van der Waals surface area contributed by atoms with Gasteiger partial charge in [-0.2, -0.15) is 13.2 Å². The molecular formula is C12H22F3N3S. The average molecular weight is 297 g/mol. The summed E-state index contributed by atoms with van der Waals surface area (Å²) in [5, 5.41) is 0. The molecule has 0 bridgehead atoms. The van der Waals surface area contributed by atoms with Gasteiger partial charge in [0.05, 0.1) is 4.99 Å². The minimum absolute atomic E-state index is 0.00111. The van der Waals surface area contributed by atoms with Crippen LogP contribution in [0.4, 0.5) is 13.2 Å². The van der Waals surface area contributed by atoms with Gasteiger partial charge in [0.25, 0.3) is 0 Å². The molecule has 0 spiro atoms. The molecule has 1 fully saturated rings. The average Bonchev–Trinajstić information content (AvgIpc) is 2.17. The van der Waals surface area contributed by atoms with Gasteiger partial charge in [0.2, 0.25) is 0 Å². The summed E-state index contributed by atoms with van der Waals surface area (Å²) in [4.78, 5) is 3.32. The highest BCUT2D eigenvalue weighted by Crippen LogP contribution is 2.37. The Labute approximate surface area is 117 Å². The highest BCUT2D eigenvalue weighted by molar-refractivity contribution is 7.80. The lowest BCUT2D eigenvalue weighted by atomic mass is 9.75. The van der Waals surface area contributed by atoms with Gasteiger partial charge in [-0.15, -0.1) is 0 Å². The third kappa shape index (κ3) is 4.03. The molecule has 1 saturated carbocycles. The summed E-state index contributed by atoms with van der Waals surface area (Å²) in [6.07, 6.45) is -1.20. The van der Waals surface area contributed by atoms with Gasteiger partial charge in [-0.05, 0) is 40.4 Å². The van der Waals surface area contributed by atoms with E-state index in [1.807, 2.05) is 14.1 Å². The maximum Gasteiger partial charge on any atom is 0.399 e. The third-order valence-electron chi connectivity index (χ3n) is 4.03. The molecule has 0 aromatic carbocycles. The lowest BCUT2D eigenvalue weighted by Crippen LogP contribution is -2.57. The van der Waals surface area contributed by atoms with E-state index in [4.69, 9.17) is 5.73 Å². The van der Waals surface area contributed by atoms with Crippen molar-refractivity contribution in [2.45, 2.75) is 31.0 Å². The Hall–Kier alpha value is -0.400. The van der Waals surface area contributed by atoms with Crippen molar-refractivity contribution in [1.82, 2.24) is 9.80 Å². The highest BCUT2D eigenvalue weighted by atomic mass is 32.1. The number of hydrogen-bond donors (Lipinski definition) is 1. The van der Waals surface area contributed by atoms with Gasteiger partial charge >= 0.3 is 6.18 Å². The summed E-state index contributed by atoms with van der Waals surface area (Å²) >= 11 is 4.54. The maximum atomic E-state index is 12.8. The Morgan fingerprint density at radius 3 is 2.11 bits per heavy atom. The van der Waals surface area contributed by atoms with Crippen LogP contribution in [0.5, 0.6) is 0 Å². The first-order valence-electron chi connectivity index (χ1n) is 6.30. The first-order chi connectivity index (χ1) is 8.58. The van der Waals surface area contributed by atoms with Gasteiger partial charge in [0.15, 0.2) is 0 Å². The van der Waals surface area contributed by atoms with E-state index in [9.17, 15) is 13.2 Å². The standard InChI is InChI=1S/C12H22F3N3S/c1-17(2)11(5-4-6-11)8-18(3)7-9(10(16)19)12(13,14)15/h9H,4-8H2,1-3H3,(H2,16,19). The van der Waals surface area contributed by atoms with Crippen molar-refractivity contribution in [3.63, 3.8) is 0 Å². The smallest absolute Gasteiger partial charge is 0.393 e. The molecule has 3 nitrogen and oxygen atoms in total. The lowest BCUT2D eigenvalue weighted by Gasteiger charge is -2.49. The monoisotopic (exact) mass is 297 g/mol. The molecule has 1 unspecified atom stereocenters. The highest BCUT2D eigenvalue weighted by Gasteiger charge is 2.44. The Bertz CT molecular complexity index is 327. The zero-order valence-electron chi connectivity index (χ0n) is 11.6. The Morgan fingerprint density at radius 1 is 1.32 bits per heavy atom. The van der Waals surface area contributed by atoms with Crippen molar-refractivity contribution >= 4 is 17.2 Å². The van der Waals surface area contributed by atoms with E-state index in [0.29, 0.717) is 6.54 Å². The predicted molar refractivity (Wildman–Crippen MR) is 74.1 cm³/mol. The molecular weight excluding hydrogens is 275 g/mol. The van der Waals surface area contributed by atoms with E-state index in [0.717, 1.165) is 19.3 Å². The molecule has 1 atom stereocenters. The van der Waals surface area contributed by atoms with Crippen LogP contribution < -0.4 is 5.73 Å². The van der Waals surface area contributed by atoms with E-state index >= 15 is 0 Å². The Kier molecular flexibility index (Phi) is 5.20. The Morgan fingerprint density at radius 2 is 1.84 bits per heavy atom. The molecule has 0 radical (unpaired) electrons. The normalized spacial score (nSPS) is 20.4. The van der Waals surface area contributed by atoms with Gasteiger partial charge in [-0.3, -0.25) is 0 Å². The number of nitrogens with two attached hydrogens (primary N) is 1. The van der Waals surface area contributed by atoms with E-state index < -0.39 is 17.1 Å². The van der Waals surface area contributed by atoms with Crippen molar-refractivity contribution in [2.75, 3.05) is 34.2 Å². The first-order valence-corrected chi connectivity index (χ1v) is 6.71. The molecule has 0 aromatic heterocycles. The summed E-state index contributed by atoms with van der Waals surface area (Å²) in [5.74, 6) is -1.73. The number of halogens is 3. The molecule has 0 aromatic rings. The van der Waals surface area contributed by atoms with E-state index in [1.54, 1.807) is 11.9 Å². The minimum Gasteiger partial charge on any atom is -0.393 e. The molecule has 7 heteroatoms. The molecule has 2 N–H and O–H groups in total. The van der Waals surface area contributed by atoms with E-state index in [2.05, 4.69) is 17.1 Å². The molecule has 19 heavy (non-hydrogen) atoms. The molecule has 1 rings (SSSR count). The van der Waals surface area contributed by atoms with Crippen molar-refractivity contribution < 1.29 is 13.2 Å². The summed E-state index contributed by atoms with van der Waals surface area (Å²) in [7, 11) is 5.64. The van der Waals surface area contributed by atoms with Crippen LogP contribution in [0.15, 0.2) is 0 Å². The molecule has 112 valence electrons. The van der Waals surface area contributed by atoms with Crippen LogP contribution >= 0.6 is 12.2 Å². The molecule has 1 aliphatic carbocycles. The quantitative estimate of drug-likeness (QED) is 0.759. The second-order valence-electron chi connectivity index (χ2n) is 5.67. The number of nitrogens with zero attached hydrogens (tertiary/aromatic N) is 2. The number of likely N-dealkylation sites (N-methyl/N-ethyl adjacent to an activating group) is 2. The summed E-state index contributed by atoms with van der Waals surface area (Å²) in [6, 6.07) is 0. The van der Waals surface area contributed by atoms with Crippen LogP contribution in [0.2, 0.25) is 0 Å². The lowest BCUT2D eigenvalue weighted by molar-refractivity contribution is -0.159. The second-order valence-corrected chi connectivity index (χ2v) is 6.14. The van der Waals surface area contributed by atoms with Crippen molar-refractivity contribution in [2.24, 2.45) is 11.7 Å². The minimum atomic E-state index is -4.37. The summed E-state index contributed by atoms with van der Waals surface area (Å²) < 4.78 is 38.4. The van der Waals surface area contributed by atoms with Gasteiger partial charge in [0.1, 0.15) is 5.92 Å². The zero-order valence-corrected chi connectivity index (χ0v) is 12.4. The molecule has 0 saturated heterocycles. The molecule has 0 amide bonds. The van der Waals surface area contributed by atoms with Crippen LogP contribution in [0.3, 0.4) is 0 Å². The number of alkyl halides is 3. The Balaban J connectivity index is 2.63. The topological polar surface area (TPSA) is 32.5 Å². The molecule has 1 aliphatic rings. The van der Waals surface area contributed by atoms with Crippen LogP contribution in [-0.4, -0.2) is 60.7 Å². The van der Waals surface area contributed by atoms with Gasteiger partial charge < -0.3 is 15.5 Å². The number of thiocarbonyl (C=S) groups is 1. The van der Waals surface area contributed by atoms with Crippen LogP contribution in [0.25, 0.3) is 0 Å². The van der Waals surface area contributed by atoms with Gasteiger partial charge in [-0.1, -0.05) is 12.2 Å². The first kappa shape index (κ1) is 16.7. The SMILES string of the molecule is CN(CC(C(N)=S)C(F)(F)F)CC1(N(C)C)CCC1. The third-order valence-corrected chi connectivity index (χ3v) is 4.31. The van der Waals surface area contributed by atoms with Crippen LogP contribution in [0, 0.1) is 5.92 Å². The van der Waals surface area contributed by atoms with E-state index in [-0.39, 0.29) is 12.1 Å². The van der Waals surface area contributed by atoms with Crippen LogP contribution in [0.1, 0.15) is 19.3 Å². The van der Waals surface area contributed by atoms with E-state index in [1.165, 1.54) is 0 Å². The number of hydrogen-bond acceptors (Lipinski definition) is 3. The van der Waals surface area contributed by atoms with Crippen molar-refractivity contribution in [1.29, 1.82) is 0 Å². The maximum absolute atomic E-state index is 12.8. The largest absolute Gasteiger partial charge is 0.399 e. The second kappa shape index (κ2) is 5.93. The number of rotatable bonds is 6. The fourth-order valence-corrected chi connectivity index (χ4v) is 2.77. The molecule has 0 heterocycles. The fourth-order valence-electron chi connectivity index (χ4n) is 2.57. The zero-order chi connectivity index (χ0) is 14.8. The fraction of sp³-hybridized carbons (Fsp3) is 0.917. The van der Waals surface area contributed by atoms with Gasteiger partial charge in [0, 0.05) is 18.6 Å². The van der Waals surface area contributed by atoms with Gasteiger partial charge in [-0.25, -0.2) is 0 Å². The molecule has 0 aliphatic heterocycles. The summed E-state index contributed by atoms with van der Waals surface area (Å²) in [6.45, 7) is 0.434. The van der Waals surface area contributed by atoms with Crippen LogP contribution in [-0.2, 0) is 0 Å². The van der Waals surface area contributed by atoms with Crippen molar-refractivity contribution in [3.05, 3.63) is 0 Å². The predicted octanol–water partition coefficient (Wildman–Crippen LogP) is 1.87.